The minimum absolute atomic E-state index is 0.147. The molecular formula is C22H26FN3O2. The molecule has 0 aromatic heterocycles. The first-order valence-electron chi connectivity index (χ1n) is 9.60. The summed E-state index contributed by atoms with van der Waals surface area (Å²) in [4.78, 5) is 26.1. The topological polar surface area (TPSA) is 61.4 Å². The number of nitrogens with one attached hydrogen (secondary N) is 2. The van der Waals surface area contributed by atoms with Gasteiger partial charge in [0.2, 0.25) is 0 Å². The Kier molecular flexibility index (Phi) is 6.29. The zero-order valence-corrected chi connectivity index (χ0v) is 16.3. The van der Waals surface area contributed by atoms with Crippen molar-refractivity contribution in [3.05, 3.63) is 59.4 Å². The molecule has 1 heterocycles. The van der Waals surface area contributed by atoms with Crippen LogP contribution in [-0.4, -0.2) is 31.4 Å². The molecule has 0 spiro atoms. The predicted molar refractivity (Wildman–Crippen MR) is 110 cm³/mol. The average Bonchev–Trinajstić information content (AvgIpc) is 2.68. The number of urea groups is 1. The van der Waals surface area contributed by atoms with Gasteiger partial charge in [0.1, 0.15) is 5.82 Å². The van der Waals surface area contributed by atoms with Gasteiger partial charge >= 0.3 is 6.03 Å². The fourth-order valence-corrected chi connectivity index (χ4v) is 3.62. The Bertz CT molecular complexity index is 851. The summed E-state index contributed by atoms with van der Waals surface area (Å²) in [5.41, 5.74) is 2.67. The molecule has 2 amide bonds. The molecule has 0 saturated carbocycles. The molecule has 2 aromatic rings. The molecule has 1 aliphatic rings. The van der Waals surface area contributed by atoms with E-state index in [1.807, 2.05) is 36.1 Å². The van der Waals surface area contributed by atoms with Gasteiger partial charge in [0.05, 0.1) is 11.3 Å². The van der Waals surface area contributed by atoms with Gasteiger partial charge in [-0.15, -0.1) is 0 Å². The standard InChI is InChI=1S/C22H26FN3O2/c1-15-8-10-18(11-9-15)25-22(28)24-13-17-5-4-12-26(14-17)20-7-3-6-19(23)21(20)16(2)27/h3,6-11,17H,4-5,12-14H2,1-2H3,(H2,24,25,28)/t17-/m1/s1. The monoisotopic (exact) mass is 383 g/mol. The van der Waals surface area contributed by atoms with Gasteiger partial charge in [-0.2, -0.15) is 0 Å². The number of ketones is 1. The molecular weight excluding hydrogens is 357 g/mol. The lowest BCUT2D eigenvalue weighted by Gasteiger charge is -2.35. The zero-order valence-electron chi connectivity index (χ0n) is 16.3. The molecule has 0 unspecified atom stereocenters. The van der Waals surface area contributed by atoms with Crippen molar-refractivity contribution in [3.63, 3.8) is 0 Å². The highest BCUT2D eigenvalue weighted by Crippen LogP contribution is 2.28. The van der Waals surface area contributed by atoms with Crippen molar-refractivity contribution in [1.82, 2.24) is 5.32 Å². The fraction of sp³-hybridized carbons (Fsp3) is 0.364. The van der Waals surface area contributed by atoms with E-state index in [0.717, 1.165) is 30.6 Å². The first-order valence-corrected chi connectivity index (χ1v) is 9.60. The lowest BCUT2D eigenvalue weighted by molar-refractivity contribution is 0.101. The van der Waals surface area contributed by atoms with Gasteiger partial charge in [0.15, 0.2) is 5.78 Å². The van der Waals surface area contributed by atoms with Crippen molar-refractivity contribution in [2.45, 2.75) is 26.7 Å². The van der Waals surface area contributed by atoms with Crippen molar-refractivity contribution in [3.8, 4) is 0 Å². The summed E-state index contributed by atoms with van der Waals surface area (Å²) >= 11 is 0. The van der Waals surface area contributed by atoms with Gasteiger partial charge in [0.25, 0.3) is 0 Å². The molecule has 0 bridgehead atoms. The molecule has 0 aliphatic carbocycles. The fourth-order valence-electron chi connectivity index (χ4n) is 3.62. The third-order valence-electron chi connectivity index (χ3n) is 5.06. The minimum Gasteiger partial charge on any atom is -0.371 e. The van der Waals surface area contributed by atoms with Crippen molar-refractivity contribution in [2.24, 2.45) is 5.92 Å². The molecule has 6 heteroatoms. The van der Waals surface area contributed by atoms with Crippen LogP contribution < -0.4 is 15.5 Å². The number of halogens is 1. The third kappa shape index (κ3) is 4.88. The lowest BCUT2D eigenvalue weighted by atomic mass is 9.96. The summed E-state index contributed by atoms with van der Waals surface area (Å²) in [5, 5.41) is 5.74. The second-order valence-corrected chi connectivity index (χ2v) is 7.35. The number of Topliss-reactive ketones (excluding diaryl/α,β-unsaturated/α-hetero) is 1. The van der Waals surface area contributed by atoms with E-state index in [0.29, 0.717) is 18.8 Å². The summed E-state index contributed by atoms with van der Waals surface area (Å²) in [7, 11) is 0. The van der Waals surface area contributed by atoms with E-state index in [-0.39, 0.29) is 23.3 Å². The largest absolute Gasteiger partial charge is 0.371 e. The summed E-state index contributed by atoms with van der Waals surface area (Å²) in [6, 6.07) is 12.1. The van der Waals surface area contributed by atoms with Crippen molar-refractivity contribution >= 4 is 23.2 Å². The molecule has 1 fully saturated rings. The highest BCUT2D eigenvalue weighted by Gasteiger charge is 2.24. The Morgan fingerprint density at radius 2 is 1.93 bits per heavy atom. The molecule has 1 atom stereocenters. The molecule has 0 radical (unpaired) electrons. The van der Waals surface area contributed by atoms with E-state index in [2.05, 4.69) is 10.6 Å². The maximum Gasteiger partial charge on any atom is 0.319 e. The van der Waals surface area contributed by atoms with Crippen LogP contribution in [0.1, 0.15) is 35.7 Å². The summed E-state index contributed by atoms with van der Waals surface area (Å²) in [6.45, 7) is 5.36. The van der Waals surface area contributed by atoms with Crippen LogP contribution in [0.2, 0.25) is 0 Å². The smallest absolute Gasteiger partial charge is 0.319 e. The maximum absolute atomic E-state index is 14.1. The normalized spacial score (nSPS) is 16.5. The van der Waals surface area contributed by atoms with Gasteiger partial charge < -0.3 is 15.5 Å². The number of benzene rings is 2. The molecule has 1 saturated heterocycles. The maximum atomic E-state index is 14.1. The van der Waals surface area contributed by atoms with Crippen LogP contribution in [0, 0.1) is 18.7 Å². The average molecular weight is 383 g/mol. The number of hydrogen-bond acceptors (Lipinski definition) is 3. The Balaban J connectivity index is 1.58. The Hall–Kier alpha value is -2.89. The molecule has 3 rings (SSSR count). The quantitative estimate of drug-likeness (QED) is 0.754. The van der Waals surface area contributed by atoms with Crippen LogP contribution in [0.5, 0.6) is 0 Å². The highest BCUT2D eigenvalue weighted by atomic mass is 19.1. The van der Waals surface area contributed by atoms with E-state index in [4.69, 9.17) is 0 Å². The molecule has 2 aromatic carbocycles. The lowest BCUT2D eigenvalue weighted by Crippen LogP contribution is -2.42. The van der Waals surface area contributed by atoms with Crippen LogP contribution in [0.25, 0.3) is 0 Å². The second kappa shape index (κ2) is 8.87. The number of aryl methyl sites for hydroxylation is 1. The highest BCUT2D eigenvalue weighted by molar-refractivity contribution is 6.00. The van der Waals surface area contributed by atoms with Gasteiger partial charge in [-0.3, -0.25) is 4.79 Å². The zero-order chi connectivity index (χ0) is 20.1. The van der Waals surface area contributed by atoms with E-state index < -0.39 is 5.82 Å². The van der Waals surface area contributed by atoms with Gasteiger partial charge in [-0.25, -0.2) is 9.18 Å². The Morgan fingerprint density at radius 3 is 2.64 bits per heavy atom. The third-order valence-corrected chi connectivity index (χ3v) is 5.06. The van der Waals surface area contributed by atoms with Gasteiger partial charge in [-0.1, -0.05) is 23.8 Å². The van der Waals surface area contributed by atoms with Crippen LogP contribution in [0.15, 0.2) is 42.5 Å². The predicted octanol–water partition coefficient (Wildman–Crippen LogP) is 4.37. The number of carbonyl (C=O) groups excluding carboxylic acids is 2. The number of anilines is 2. The van der Waals surface area contributed by atoms with E-state index in [1.165, 1.54) is 13.0 Å². The Morgan fingerprint density at radius 1 is 1.18 bits per heavy atom. The van der Waals surface area contributed by atoms with Crippen molar-refractivity contribution < 1.29 is 14.0 Å². The van der Waals surface area contributed by atoms with E-state index >= 15 is 0 Å². The number of carbonyl (C=O) groups is 2. The second-order valence-electron chi connectivity index (χ2n) is 7.35. The summed E-state index contributed by atoms with van der Waals surface area (Å²) < 4.78 is 14.1. The SMILES string of the molecule is CC(=O)c1c(F)cccc1N1CCC[C@H](CNC(=O)Nc2ccc(C)cc2)C1. The Labute approximate surface area is 164 Å². The minimum atomic E-state index is -0.484. The van der Waals surface area contributed by atoms with E-state index in [9.17, 15) is 14.0 Å². The van der Waals surface area contributed by atoms with E-state index in [1.54, 1.807) is 12.1 Å². The number of piperidine rings is 1. The van der Waals surface area contributed by atoms with Gasteiger partial charge in [-0.05, 0) is 56.9 Å². The van der Waals surface area contributed by atoms with Crippen LogP contribution >= 0.6 is 0 Å². The number of amides is 2. The van der Waals surface area contributed by atoms with Gasteiger partial charge in [0, 0.05) is 25.3 Å². The first-order chi connectivity index (χ1) is 13.4. The summed E-state index contributed by atoms with van der Waals surface area (Å²) in [6.07, 6.45) is 1.91. The summed E-state index contributed by atoms with van der Waals surface area (Å²) in [5.74, 6) is -0.519. The molecule has 2 N–H and O–H groups in total. The number of hydrogen-bond donors (Lipinski definition) is 2. The number of nitrogens with zero attached hydrogens (tertiary/aromatic N) is 1. The molecule has 1 aliphatic heterocycles. The van der Waals surface area contributed by atoms with Crippen molar-refractivity contribution in [2.75, 3.05) is 29.9 Å². The molecule has 148 valence electrons. The first kappa shape index (κ1) is 19.9. The number of rotatable bonds is 5. The van der Waals surface area contributed by atoms with Crippen LogP contribution in [-0.2, 0) is 0 Å². The molecule has 28 heavy (non-hydrogen) atoms. The van der Waals surface area contributed by atoms with Crippen molar-refractivity contribution in [1.29, 1.82) is 0 Å². The van der Waals surface area contributed by atoms with Crippen LogP contribution in [0.3, 0.4) is 0 Å². The molecule has 5 nitrogen and oxygen atoms in total. The van der Waals surface area contributed by atoms with Crippen LogP contribution in [0.4, 0.5) is 20.6 Å².